The minimum absolute atomic E-state index is 0.160. The molecular formula is C8H11FN2O2S. The van der Waals surface area contributed by atoms with Crippen LogP contribution < -0.4 is 11.5 Å². The molecule has 1 rings (SSSR count). The van der Waals surface area contributed by atoms with Crippen LogP contribution >= 0.6 is 0 Å². The van der Waals surface area contributed by atoms with Gasteiger partial charge in [-0.05, 0) is 18.2 Å². The van der Waals surface area contributed by atoms with Gasteiger partial charge in [0.1, 0.15) is 5.82 Å². The maximum atomic E-state index is 13.2. The second-order valence-corrected chi connectivity index (χ2v) is 3.85. The van der Waals surface area contributed by atoms with Gasteiger partial charge in [-0.25, -0.2) is 8.60 Å². The number of nitrogens with two attached hydrogens (primary N) is 2. The van der Waals surface area contributed by atoms with Crippen molar-refractivity contribution >= 4 is 16.8 Å². The van der Waals surface area contributed by atoms with E-state index in [1.807, 2.05) is 0 Å². The van der Waals surface area contributed by atoms with Gasteiger partial charge in [0.2, 0.25) is 0 Å². The predicted octanol–water partition coefficient (Wildman–Crippen LogP) is 0.629. The molecule has 14 heavy (non-hydrogen) atoms. The van der Waals surface area contributed by atoms with Gasteiger partial charge in [-0.3, -0.25) is 0 Å². The van der Waals surface area contributed by atoms with Crippen LogP contribution in [-0.4, -0.2) is 14.5 Å². The molecule has 0 aromatic heterocycles. The monoisotopic (exact) mass is 218 g/mol. The minimum atomic E-state index is -2.04. The van der Waals surface area contributed by atoms with Crippen molar-refractivity contribution < 1.29 is 13.2 Å². The number of rotatable bonds is 3. The normalized spacial score (nSPS) is 15.1. The van der Waals surface area contributed by atoms with E-state index in [4.69, 9.17) is 16.0 Å². The van der Waals surface area contributed by atoms with E-state index in [0.29, 0.717) is 5.69 Å². The Balaban J connectivity index is 2.93. The second-order valence-electron chi connectivity index (χ2n) is 2.88. The van der Waals surface area contributed by atoms with E-state index < -0.39 is 22.9 Å². The Labute approximate surface area is 83.4 Å². The van der Waals surface area contributed by atoms with Crippen molar-refractivity contribution in [2.75, 3.05) is 11.5 Å². The molecular weight excluding hydrogens is 207 g/mol. The number of nitrogen functional groups attached to an aromatic ring is 1. The Morgan fingerprint density at radius 2 is 2.21 bits per heavy atom. The Morgan fingerprint density at radius 1 is 1.57 bits per heavy atom. The van der Waals surface area contributed by atoms with Crippen LogP contribution in [0.15, 0.2) is 18.2 Å². The van der Waals surface area contributed by atoms with Crippen molar-refractivity contribution in [1.82, 2.24) is 0 Å². The first-order chi connectivity index (χ1) is 6.50. The van der Waals surface area contributed by atoms with Crippen LogP contribution in [0.4, 0.5) is 10.1 Å². The maximum Gasteiger partial charge on any atom is 0.154 e. The summed E-state index contributed by atoms with van der Waals surface area (Å²) in [5.74, 6) is -0.724. The van der Waals surface area contributed by atoms with Gasteiger partial charge >= 0.3 is 0 Å². The largest absolute Gasteiger partial charge is 0.399 e. The molecule has 1 aromatic rings. The number of benzene rings is 1. The molecule has 4 nitrogen and oxygen atoms in total. The van der Waals surface area contributed by atoms with Crippen LogP contribution in [-0.2, 0) is 11.1 Å². The lowest BCUT2D eigenvalue weighted by molar-refractivity contribution is 0.551. The van der Waals surface area contributed by atoms with Crippen LogP contribution in [0, 0.1) is 5.82 Å². The van der Waals surface area contributed by atoms with Crippen LogP contribution in [0.3, 0.4) is 0 Å². The third-order valence-corrected chi connectivity index (χ3v) is 2.39. The van der Waals surface area contributed by atoms with Crippen molar-refractivity contribution in [2.24, 2.45) is 5.73 Å². The smallest absolute Gasteiger partial charge is 0.154 e. The second kappa shape index (κ2) is 4.50. The van der Waals surface area contributed by atoms with Crippen LogP contribution in [0.2, 0.25) is 0 Å². The summed E-state index contributed by atoms with van der Waals surface area (Å²) in [6.45, 7) is 0. The summed E-state index contributed by atoms with van der Waals surface area (Å²) >= 11 is -2.04. The van der Waals surface area contributed by atoms with Crippen molar-refractivity contribution in [3.05, 3.63) is 29.6 Å². The third kappa shape index (κ3) is 2.76. The molecule has 0 bridgehead atoms. The summed E-state index contributed by atoms with van der Waals surface area (Å²) in [4.78, 5) is 0. The molecule has 1 aromatic carbocycles. The standard InChI is InChI=1S/C8H11FN2O2S/c9-7-2-1-5(10)3-6(7)8(11)4-14(12)13/h1-3,8H,4,10-11H2,(H,12,13)/t8-/m0/s1. The molecule has 0 aliphatic rings. The Morgan fingerprint density at radius 3 is 2.79 bits per heavy atom. The van der Waals surface area contributed by atoms with Gasteiger partial charge in [-0.15, -0.1) is 0 Å². The van der Waals surface area contributed by atoms with Gasteiger partial charge in [0.25, 0.3) is 0 Å². The first-order valence-electron chi connectivity index (χ1n) is 3.88. The SMILES string of the molecule is Nc1ccc(F)c([C@@H](N)CS(=O)O)c1. The molecule has 0 amide bonds. The molecule has 78 valence electrons. The number of hydrogen-bond acceptors (Lipinski definition) is 3. The van der Waals surface area contributed by atoms with Crippen LogP contribution in [0.1, 0.15) is 11.6 Å². The molecule has 0 fully saturated rings. The zero-order valence-corrected chi connectivity index (χ0v) is 8.13. The lowest BCUT2D eigenvalue weighted by Gasteiger charge is -2.11. The van der Waals surface area contributed by atoms with Crippen LogP contribution in [0.5, 0.6) is 0 Å². The van der Waals surface area contributed by atoms with E-state index in [2.05, 4.69) is 0 Å². The van der Waals surface area contributed by atoms with Gasteiger partial charge in [0.15, 0.2) is 11.1 Å². The van der Waals surface area contributed by atoms with E-state index in [9.17, 15) is 8.60 Å². The predicted molar refractivity (Wildman–Crippen MR) is 53.4 cm³/mol. The Kier molecular flexibility index (Phi) is 3.56. The van der Waals surface area contributed by atoms with Gasteiger partial charge in [-0.1, -0.05) is 0 Å². The topological polar surface area (TPSA) is 89.3 Å². The molecule has 0 radical (unpaired) electrons. The van der Waals surface area contributed by atoms with Crippen LogP contribution in [0.25, 0.3) is 0 Å². The zero-order valence-electron chi connectivity index (χ0n) is 7.31. The van der Waals surface area contributed by atoms with Crippen molar-refractivity contribution in [3.8, 4) is 0 Å². The summed E-state index contributed by atoms with van der Waals surface area (Å²) in [6.07, 6.45) is 0. The van der Waals surface area contributed by atoms with Crippen molar-refractivity contribution in [1.29, 1.82) is 0 Å². The fraction of sp³-hybridized carbons (Fsp3) is 0.250. The van der Waals surface area contributed by atoms with Crippen molar-refractivity contribution in [2.45, 2.75) is 6.04 Å². The summed E-state index contributed by atoms with van der Waals surface area (Å²) in [5, 5.41) is 0. The lowest BCUT2D eigenvalue weighted by atomic mass is 10.1. The highest BCUT2D eigenvalue weighted by molar-refractivity contribution is 7.79. The number of hydrogen-bond donors (Lipinski definition) is 3. The average molecular weight is 218 g/mol. The van der Waals surface area contributed by atoms with Gasteiger partial charge in [-0.2, -0.15) is 0 Å². The van der Waals surface area contributed by atoms with E-state index in [1.54, 1.807) is 0 Å². The molecule has 5 N–H and O–H groups in total. The molecule has 0 saturated carbocycles. The quantitative estimate of drug-likeness (QED) is 0.512. The van der Waals surface area contributed by atoms with E-state index in [1.165, 1.54) is 18.2 Å². The highest BCUT2D eigenvalue weighted by Gasteiger charge is 2.13. The number of anilines is 1. The molecule has 0 aliphatic heterocycles. The highest BCUT2D eigenvalue weighted by Crippen LogP contribution is 2.18. The molecule has 0 aliphatic carbocycles. The highest BCUT2D eigenvalue weighted by atomic mass is 32.2. The third-order valence-electron chi connectivity index (χ3n) is 1.74. The van der Waals surface area contributed by atoms with E-state index in [0.717, 1.165) is 0 Å². The molecule has 2 atom stereocenters. The van der Waals surface area contributed by atoms with E-state index >= 15 is 0 Å². The molecule has 0 heterocycles. The van der Waals surface area contributed by atoms with E-state index in [-0.39, 0.29) is 11.3 Å². The molecule has 0 saturated heterocycles. The minimum Gasteiger partial charge on any atom is -0.399 e. The maximum absolute atomic E-state index is 13.2. The Bertz CT molecular complexity index is 359. The lowest BCUT2D eigenvalue weighted by Crippen LogP contribution is -2.19. The number of halogens is 1. The average Bonchev–Trinajstić information content (AvgIpc) is 2.08. The zero-order chi connectivity index (χ0) is 10.7. The molecule has 1 unspecified atom stereocenters. The van der Waals surface area contributed by atoms with Gasteiger partial charge in [0, 0.05) is 17.3 Å². The van der Waals surface area contributed by atoms with Gasteiger partial charge in [0.05, 0.1) is 5.75 Å². The molecule has 6 heteroatoms. The fourth-order valence-corrected chi connectivity index (χ4v) is 1.58. The summed E-state index contributed by atoms with van der Waals surface area (Å²) < 4.78 is 32.2. The summed E-state index contributed by atoms with van der Waals surface area (Å²) in [7, 11) is 0. The first-order valence-corrected chi connectivity index (χ1v) is 5.16. The van der Waals surface area contributed by atoms with Gasteiger partial charge < -0.3 is 16.0 Å². The molecule has 0 spiro atoms. The first kappa shape index (κ1) is 11.1. The fourth-order valence-electron chi connectivity index (χ4n) is 1.09. The Hall–Kier alpha value is -0.980. The van der Waals surface area contributed by atoms with Crippen molar-refractivity contribution in [3.63, 3.8) is 0 Å². The summed E-state index contributed by atoms with van der Waals surface area (Å²) in [5.41, 5.74) is 11.5. The summed E-state index contributed by atoms with van der Waals surface area (Å²) in [6, 6.07) is 3.14.